The molecule has 0 aliphatic heterocycles. The molecule has 2 aromatic carbocycles. The first-order chi connectivity index (χ1) is 17.8. The largest absolute Gasteiger partial charge is 0.425 e. The lowest BCUT2D eigenvalue weighted by molar-refractivity contribution is -0.225. The van der Waals surface area contributed by atoms with Crippen LogP contribution in [0.25, 0.3) is 22.4 Å². The van der Waals surface area contributed by atoms with Gasteiger partial charge in [-0.15, -0.1) is 0 Å². The van der Waals surface area contributed by atoms with E-state index in [4.69, 9.17) is 9.47 Å². The molecule has 0 amide bonds. The van der Waals surface area contributed by atoms with Crippen molar-refractivity contribution in [3.63, 3.8) is 0 Å². The summed E-state index contributed by atoms with van der Waals surface area (Å²) < 4.78 is 49.6. The van der Waals surface area contributed by atoms with Gasteiger partial charge in [-0.25, -0.2) is 4.79 Å². The van der Waals surface area contributed by atoms with Gasteiger partial charge in [0.25, 0.3) is 6.10 Å². The number of benzene rings is 2. The molecule has 0 radical (unpaired) electrons. The van der Waals surface area contributed by atoms with Crippen molar-refractivity contribution in [3.8, 4) is 28.1 Å². The molecule has 37 heavy (non-hydrogen) atoms. The summed E-state index contributed by atoms with van der Waals surface area (Å²) in [5.74, 6) is -1.47. The minimum Gasteiger partial charge on any atom is -0.424 e. The summed E-state index contributed by atoms with van der Waals surface area (Å²) in [4.78, 5) is 16.7. The molecule has 1 atom stereocenters. The Morgan fingerprint density at radius 1 is 0.811 bits per heavy atom. The van der Waals surface area contributed by atoms with Gasteiger partial charge in [0, 0.05) is 23.9 Å². The Morgan fingerprint density at radius 3 is 2.03 bits per heavy atom. The molecule has 3 aromatic rings. The van der Waals surface area contributed by atoms with E-state index in [1.54, 1.807) is 18.3 Å². The zero-order valence-electron chi connectivity index (χ0n) is 21.4. The monoisotopic (exact) mass is 513 g/mol. The van der Waals surface area contributed by atoms with Crippen LogP contribution in [0.15, 0.2) is 66.9 Å². The molecule has 0 saturated carbocycles. The Balaban J connectivity index is 1.61. The summed E-state index contributed by atoms with van der Waals surface area (Å²) in [6.45, 7) is 3.97. The first kappa shape index (κ1) is 28.4. The van der Waals surface area contributed by atoms with E-state index in [1.165, 1.54) is 37.0 Å². The Bertz CT molecular complexity index is 1090. The number of esters is 1. The van der Waals surface area contributed by atoms with Crippen LogP contribution in [0.4, 0.5) is 13.2 Å². The van der Waals surface area contributed by atoms with Gasteiger partial charge in [-0.3, -0.25) is 4.98 Å². The van der Waals surface area contributed by atoms with Gasteiger partial charge in [0.2, 0.25) is 0 Å². The van der Waals surface area contributed by atoms with Crippen molar-refractivity contribution in [2.75, 3.05) is 6.61 Å². The molecule has 0 aliphatic rings. The number of halogens is 3. The number of ether oxygens (including phenoxy) is 2. The van der Waals surface area contributed by atoms with Crippen LogP contribution < -0.4 is 4.74 Å². The summed E-state index contributed by atoms with van der Waals surface area (Å²) in [6, 6.07) is 18.6. The lowest BCUT2D eigenvalue weighted by Crippen LogP contribution is -2.42. The summed E-state index contributed by atoms with van der Waals surface area (Å²) in [5, 5.41) is 0. The van der Waals surface area contributed by atoms with E-state index < -0.39 is 18.2 Å². The molecule has 0 spiro atoms. The summed E-state index contributed by atoms with van der Waals surface area (Å²) >= 11 is 0. The number of alkyl halides is 3. The third-order valence-electron chi connectivity index (χ3n) is 6.03. The Hall–Kier alpha value is -3.19. The van der Waals surface area contributed by atoms with E-state index in [2.05, 4.69) is 36.2 Å². The Morgan fingerprint density at radius 2 is 1.43 bits per heavy atom. The van der Waals surface area contributed by atoms with Crippen molar-refractivity contribution in [1.29, 1.82) is 0 Å². The molecule has 7 heteroatoms. The van der Waals surface area contributed by atoms with E-state index in [0.29, 0.717) is 12.1 Å². The van der Waals surface area contributed by atoms with Crippen LogP contribution in [0.1, 0.15) is 57.9 Å². The van der Waals surface area contributed by atoms with Gasteiger partial charge < -0.3 is 9.47 Å². The maximum Gasteiger partial charge on any atom is 0.425 e. The lowest BCUT2D eigenvalue weighted by atomic mass is 10.0. The van der Waals surface area contributed by atoms with E-state index in [0.717, 1.165) is 36.0 Å². The number of carbonyl (C=O) groups excluding carboxylic acids is 1. The minimum absolute atomic E-state index is 0.0100. The van der Waals surface area contributed by atoms with Crippen molar-refractivity contribution in [1.82, 2.24) is 4.98 Å². The van der Waals surface area contributed by atoms with Gasteiger partial charge in [0.05, 0.1) is 5.69 Å². The molecule has 1 aromatic heterocycles. The predicted molar refractivity (Wildman–Crippen MR) is 139 cm³/mol. The normalized spacial score (nSPS) is 12.4. The maximum absolute atomic E-state index is 13.3. The molecule has 0 saturated heterocycles. The molecule has 0 aliphatic carbocycles. The summed E-state index contributed by atoms with van der Waals surface area (Å²) in [5.41, 5.74) is 4.85. The van der Waals surface area contributed by atoms with Gasteiger partial charge in [0.15, 0.2) is 0 Å². The highest BCUT2D eigenvalue weighted by Crippen LogP contribution is 2.27. The van der Waals surface area contributed by atoms with Crippen molar-refractivity contribution in [2.45, 2.75) is 71.1 Å². The molecular weight excluding hydrogens is 479 g/mol. The number of carbonyl (C=O) groups is 1. The number of nitrogens with zero attached hydrogens (tertiary/aromatic N) is 1. The molecule has 0 bridgehead atoms. The Kier molecular flexibility index (Phi) is 10.7. The molecule has 1 heterocycles. The third-order valence-corrected chi connectivity index (χ3v) is 6.03. The van der Waals surface area contributed by atoms with Crippen LogP contribution in [-0.4, -0.2) is 29.8 Å². The zero-order chi connectivity index (χ0) is 26.7. The van der Waals surface area contributed by atoms with Crippen LogP contribution in [0.2, 0.25) is 0 Å². The van der Waals surface area contributed by atoms with Crippen molar-refractivity contribution < 1.29 is 27.4 Å². The number of aromatic nitrogens is 1. The lowest BCUT2D eigenvalue weighted by Gasteiger charge is -2.19. The molecule has 4 nitrogen and oxygen atoms in total. The first-order valence-electron chi connectivity index (χ1n) is 12.9. The van der Waals surface area contributed by atoms with Gasteiger partial charge in [-0.1, -0.05) is 69.9 Å². The van der Waals surface area contributed by atoms with Gasteiger partial charge in [-0.05, 0) is 60.7 Å². The van der Waals surface area contributed by atoms with Gasteiger partial charge >= 0.3 is 12.1 Å². The van der Waals surface area contributed by atoms with Crippen LogP contribution in [0, 0.1) is 0 Å². The molecule has 3 rings (SSSR count). The highest BCUT2D eigenvalue weighted by molar-refractivity contribution is 5.78. The number of hydrogen-bond donors (Lipinski definition) is 0. The molecule has 0 fully saturated rings. The highest BCUT2D eigenvalue weighted by Gasteiger charge is 2.47. The van der Waals surface area contributed by atoms with Crippen molar-refractivity contribution >= 4 is 5.97 Å². The molecular formula is C30H34F3NO3. The summed E-state index contributed by atoms with van der Waals surface area (Å²) in [7, 11) is 0. The second-order valence-electron chi connectivity index (χ2n) is 9.03. The second kappa shape index (κ2) is 13.9. The van der Waals surface area contributed by atoms with Crippen molar-refractivity contribution in [2.24, 2.45) is 0 Å². The predicted octanol–water partition coefficient (Wildman–Crippen LogP) is 8.19. The van der Waals surface area contributed by atoms with Gasteiger partial charge in [0.1, 0.15) is 5.75 Å². The average molecular weight is 514 g/mol. The SMILES string of the molecule is CCCCCOC(C(=O)Oc1ccc(-c2ccc(-c3ccc(CCCCC)cc3)cn2)cc1)C(F)(F)F. The number of aryl methyl sites for hydroxylation is 1. The average Bonchev–Trinajstić information content (AvgIpc) is 2.89. The summed E-state index contributed by atoms with van der Waals surface area (Å²) in [6.07, 6.45) is 1.06. The van der Waals surface area contributed by atoms with Crippen LogP contribution >= 0.6 is 0 Å². The molecule has 198 valence electrons. The second-order valence-corrected chi connectivity index (χ2v) is 9.03. The van der Waals surface area contributed by atoms with Crippen LogP contribution in [0.5, 0.6) is 5.75 Å². The van der Waals surface area contributed by atoms with Gasteiger partial charge in [-0.2, -0.15) is 13.2 Å². The van der Waals surface area contributed by atoms with E-state index in [1.807, 2.05) is 19.1 Å². The maximum atomic E-state index is 13.3. The standard InChI is InChI=1S/C30H34F3NO3/c1-3-5-7-9-22-10-12-23(13-11-22)25-16-19-27(34-21-25)24-14-17-26(18-15-24)37-29(35)28(30(31,32)33)36-20-8-6-4-2/h10-19,21,28H,3-9,20H2,1-2H3. The van der Waals surface area contributed by atoms with E-state index in [9.17, 15) is 18.0 Å². The highest BCUT2D eigenvalue weighted by atomic mass is 19.4. The topological polar surface area (TPSA) is 48.4 Å². The van der Waals surface area contributed by atoms with E-state index >= 15 is 0 Å². The molecule has 0 N–H and O–H groups in total. The van der Waals surface area contributed by atoms with Crippen LogP contribution in [-0.2, 0) is 16.0 Å². The fraction of sp³-hybridized carbons (Fsp3) is 0.400. The molecule has 1 unspecified atom stereocenters. The Labute approximate surface area is 216 Å². The van der Waals surface area contributed by atoms with E-state index in [-0.39, 0.29) is 12.4 Å². The fourth-order valence-electron chi connectivity index (χ4n) is 3.89. The number of rotatable bonds is 13. The number of unbranched alkanes of at least 4 members (excludes halogenated alkanes) is 4. The van der Waals surface area contributed by atoms with Crippen molar-refractivity contribution in [3.05, 3.63) is 72.4 Å². The smallest absolute Gasteiger partial charge is 0.424 e. The quantitative estimate of drug-likeness (QED) is 0.131. The zero-order valence-corrected chi connectivity index (χ0v) is 21.4. The fourth-order valence-corrected chi connectivity index (χ4v) is 3.89. The van der Waals surface area contributed by atoms with Crippen LogP contribution in [0.3, 0.4) is 0 Å². The first-order valence-corrected chi connectivity index (χ1v) is 12.9. The third kappa shape index (κ3) is 8.71. The number of hydrogen-bond acceptors (Lipinski definition) is 4. The minimum atomic E-state index is -4.84. The number of pyridine rings is 1.